The molecule has 2 amide bonds. The largest absolute Gasteiger partial charge is 0.369 e. The Kier molecular flexibility index (Phi) is 5.29. The van der Waals surface area contributed by atoms with Gasteiger partial charge in [-0.1, -0.05) is 6.07 Å². The summed E-state index contributed by atoms with van der Waals surface area (Å²) >= 11 is 0. The van der Waals surface area contributed by atoms with Crippen molar-refractivity contribution in [3.8, 4) is 5.69 Å². The van der Waals surface area contributed by atoms with Crippen molar-refractivity contribution in [1.82, 2.24) is 15.1 Å². The number of nitrogens with zero attached hydrogens (tertiary/aromatic N) is 2. The topological polar surface area (TPSA) is 90.0 Å². The second-order valence-corrected chi connectivity index (χ2v) is 7.60. The molecule has 6 nitrogen and oxygen atoms in total. The minimum absolute atomic E-state index is 0.0343. The number of carbonyl (C=O) groups is 2. The Hall–Kier alpha value is -3.22. The first-order chi connectivity index (χ1) is 14.0. The maximum absolute atomic E-state index is 13.2. The van der Waals surface area contributed by atoms with Crippen LogP contribution in [0, 0.1) is 17.7 Å². The molecule has 1 heterocycles. The van der Waals surface area contributed by atoms with Crippen molar-refractivity contribution in [2.45, 2.75) is 25.7 Å². The molecule has 0 aliphatic heterocycles. The van der Waals surface area contributed by atoms with E-state index in [0.29, 0.717) is 18.0 Å². The lowest BCUT2D eigenvalue weighted by Gasteiger charge is -2.26. The second-order valence-electron chi connectivity index (χ2n) is 7.60. The zero-order chi connectivity index (χ0) is 20.4. The molecular formula is C22H23FN4O2. The van der Waals surface area contributed by atoms with E-state index in [2.05, 4.69) is 10.4 Å². The summed E-state index contributed by atoms with van der Waals surface area (Å²) in [5.74, 6) is -0.359. The summed E-state index contributed by atoms with van der Waals surface area (Å²) < 4.78 is 14.9. The van der Waals surface area contributed by atoms with Crippen LogP contribution in [0.4, 0.5) is 4.39 Å². The highest BCUT2D eigenvalue weighted by Crippen LogP contribution is 2.28. The van der Waals surface area contributed by atoms with Gasteiger partial charge >= 0.3 is 0 Å². The van der Waals surface area contributed by atoms with Crippen LogP contribution >= 0.6 is 0 Å². The van der Waals surface area contributed by atoms with Gasteiger partial charge in [0.15, 0.2) is 0 Å². The first-order valence-electron chi connectivity index (χ1n) is 9.83. The van der Waals surface area contributed by atoms with Crippen molar-refractivity contribution < 1.29 is 14.0 Å². The van der Waals surface area contributed by atoms with E-state index in [0.717, 1.165) is 42.3 Å². The standard InChI is InChI=1S/C22H23FN4O2/c23-16-8-10-17(11-9-16)27-20-3-1-2-18(19(20)13-26-27)22(29)25-12-14-4-6-15(7-5-14)21(24)28/h1-3,8-11,13-15H,4-7,12H2,(H2,24,28)(H,25,29)/t14-,15-. The summed E-state index contributed by atoms with van der Waals surface area (Å²) in [6, 6.07) is 11.5. The van der Waals surface area contributed by atoms with Gasteiger partial charge in [0.2, 0.25) is 5.91 Å². The van der Waals surface area contributed by atoms with E-state index in [1.807, 2.05) is 12.1 Å². The number of carbonyl (C=O) groups excluding carboxylic acids is 2. The third-order valence-corrected chi connectivity index (χ3v) is 5.73. The molecule has 1 aromatic heterocycles. The summed E-state index contributed by atoms with van der Waals surface area (Å²) in [5.41, 5.74) is 7.45. The summed E-state index contributed by atoms with van der Waals surface area (Å²) in [7, 11) is 0. The number of nitrogens with one attached hydrogen (secondary N) is 1. The number of hydrogen-bond donors (Lipinski definition) is 2. The highest BCUT2D eigenvalue weighted by Gasteiger charge is 2.25. The van der Waals surface area contributed by atoms with E-state index >= 15 is 0 Å². The van der Waals surface area contributed by atoms with E-state index in [1.165, 1.54) is 12.1 Å². The van der Waals surface area contributed by atoms with Gasteiger partial charge in [-0.15, -0.1) is 0 Å². The zero-order valence-electron chi connectivity index (χ0n) is 16.0. The Morgan fingerprint density at radius 1 is 1.10 bits per heavy atom. The molecule has 0 radical (unpaired) electrons. The maximum atomic E-state index is 13.2. The van der Waals surface area contributed by atoms with Gasteiger partial charge in [-0.25, -0.2) is 9.07 Å². The summed E-state index contributed by atoms with van der Waals surface area (Å²) in [6.07, 6.45) is 5.01. The third-order valence-electron chi connectivity index (χ3n) is 5.73. The Labute approximate surface area is 167 Å². The molecule has 1 aliphatic carbocycles. The Morgan fingerprint density at radius 3 is 2.52 bits per heavy atom. The van der Waals surface area contributed by atoms with Gasteiger partial charge < -0.3 is 11.1 Å². The number of fused-ring (bicyclic) bond motifs is 1. The molecule has 0 bridgehead atoms. The van der Waals surface area contributed by atoms with Crippen molar-refractivity contribution in [3.05, 3.63) is 60.0 Å². The smallest absolute Gasteiger partial charge is 0.252 e. The fourth-order valence-electron chi connectivity index (χ4n) is 4.02. The molecule has 7 heteroatoms. The van der Waals surface area contributed by atoms with Crippen LogP contribution in [-0.2, 0) is 4.79 Å². The van der Waals surface area contributed by atoms with E-state index in [-0.39, 0.29) is 23.5 Å². The fourth-order valence-corrected chi connectivity index (χ4v) is 4.02. The molecule has 29 heavy (non-hydrogen) atoms. The van der Waals surface area contributed by atoms with Crippen LogP contribution in [-0.4, -0.2) is 28.1 Å². The van der Waals surface area contributed by atoms with Gasteiger partial charge in [-0.05, 0) is 68.0 Å². The predicted molar refractivity (Wildman–Crippen MR) is 108 cm³/mol. The quantitative estimate of drug-likeness (QED) is 0.696. The Balaban J connectivity index is 1.47. The van der Waals surface area contributed by atoms with Crippen LogP contribution in [0.1, 0.15) is 36.0 Å². The number of aromatic nitrogens is 2. The van der Waals surface area contributed by atoms with Gasteiger partial charge in [0, 0.05) is 17.8 Å². The number of benzene rings is 2. The monoisotopic (exact) mass is 394 g/mol. The van der Waals surface area contributed by atoms with E-state index in [4.69, 9.17) is 5.73 Å². The van der Waals surface area contributed by atoms with Crippen molar-refractivity contribution in [2.75, 3.05) is 6.54 Å². The molecule has 0 atom stereocenters. The number of amides is 2. The van der Waals surface area contributed by atoms with Crippen LogP contribution < -0.4 is 11.1 Å². The molecule has 0 spiro atoms. The molecule has 1 aliphatic rings. The summed E-state index contributed by atoms with van der Waals surface area (Å²) in [6.45, 7) is 0.576. The van der Waals surface area contributed by atoms with Crippen LogP contribution in [0.25, 0.3) is 16.6 Å². The zero-order valence-corrected chi connectivity index (χ0v) is 16.0. The van der Waals surface area contributed by atoms with Gasteiger partial charge in [-0.3, -0.25) is 9.59 Å². The SMILES string of the molecule is NC(=O)[C@H]1CC[C@H](CNC(=O)c2cccc3c2cnn3-c2ccc(F)cc2)CC1. The van der Waals surface area contributed by atoms with Crippen LogP contribution in [0.3, 0.4) is 0 Å². The number of nitrogens with two attached hydrogens (primary N) is 1. The molecule has 1 fully saturated rings. The van der Waals surface area contributed by atoms with Gasteiger partial charge in [0.25, 0.3) is 5.91 Å². The van der Waals surface area contributed by atoms with E-state index < -0.39 is 0 Å². The van der Waals surface area contributed by atoms with Crippen LogP contribution in [0.15, 0.2) is 48.7 Å². The van der Waals surface area contributed by atoms with E-state index in [9.17, 15) is 14.0 Å². The average molecular weight is 394 g/mol. The van der Waals surface area contributed by atoms with Crippen molar-refractivity contribution in [2.24, 2.45) is 17.6 Å². The molecule has 4 rings (SSSR count). The van der Waals surface area contributed by atoms with Crippen molar-refractivity contribution in [3.63, 3.8) is 0 Å². The molecule has 0 unspecified atom stereocenters. The van der Waals surface area contributed by atoms with Crippen molar-refractivity contribution in [1.29, 1.82) is 0 Å². The van der Waals surface area contributed by atoms with Crippen molar-refractivity contribution >= 4 is 22.7 Å². The number of halogens is 1. The predicted octanol–water partition coefficient (Wildman–Crippen LogP) is 3.19. The molecule has 3 N–H and O–H groups in total. The summed E-state index contributed by atoms with van der Waals surface area (Å²) in [4.78, 5) is 24.1. The maximum Gasteiger partial charge on any atom is 0.252 e. The minimum atomic E-state index is -0.310. The van der Waals surface area contributed by atoms with Gasteiger partial charge in [-0.2, -0.15) is 5.10 Å². The number of rotatable bonds is 5. The highest BCUT2D eigenvalue weighted by molar-refractivity contribution is 6.06. The second kappa shape index (κ2) is 8.03. The summed E-state index contributed by atoms with van der Waals surface area (Å²) in [5, 5.41) is 8.15. The number of primary amides is 1. The molecule has 3 aromatic rings. The van der Waals surface area contributed by atoms with Gasteiger partial charge in [0.05, 0.1) is 23.0 Å². The normalized spacial score (nSPS) is 19.2. The lowest BCUT2D eigenvalue weighted by Crippen LogP contribution is -2.34. The van der Waals surface area contributed by atoms with Gasteiger partial charge in [0.1, 0.15) is 5.82 Å². The fraction of sp³-hybridized carbons (Fsp3) is 0.318. The molecule has 1 saturated carbocycles. The first-order valence-corrected chi connectivity index (χ1v) is 9.83. The molecule has 2 aromatic carbocycles. The Bertz CT molecular complexity index is 1040. The first kappa shape index (κ1) is 19.1. The molecule has 150 valence electrons. The minimum Gasteiger partial charge on any atom is -0.369 e. The lowest BCUT2D eigenvalue weighted by molar-refractivity contribution is -0.122. The Morgan fingerprint density at radius 2 is 1.83 bits per heavy atom. The average Bonchev–Trinajstić information content (AvgIpc) is 3.17. The highest BCUT2D eigenvalue weighted by atomic mass is 19.1. The van der Waals surface area contributed by atoms with E-state index in [1.54, 1.807) is 29.1 Å². The lowest BCUT2D eigenvalue weighted by atomic mass is 9.81. The number of hydrogen-bond acceptors (Lipinski definition) is 3. The third kappa shape index (κ3) is 3.99. The van der Waals surface area contributed by atoms with Crippen LogP contribution in [0.5, 0.6) is 0 Å². The molecular weight excluding hydrogens is 371 g/mol. The van der Waals surface area contributed by atoms with Crippen LogP contribution in [0.2, 0.25) is 0 Å². The molecule has 0 saturated heterocycles.